The fourth-order valence-electron chi connectivity index (χ4n) is 2.41. The van der Waals surface area contributed by atoms with E-state index in [1.165, 1.54) is 28.7 Å². The number of anilines is 1. The minimum absolute atomic E-state index is 0.00285. The Kier molecular flexibility index (Phi) is 6.89. The molecular weight excluding hydrogens is 380 g/mol. The summed E-state index contributed by atoms with van der Waals surface area (Å²) >= 11 is 2.84. The van der Waals surface area contributed by atoms with Gasteiger partial charge >= 0.3 is 0 Å². The van der Waals surface area contributed by atoms with Crippen molar-refractivity contribution in [2.24, 2.45) is 0 Å². The van der Waals surface area contributed by atoms with Gasteiger partial charge in [-0.25, -0.2) is 0 Å². The van der Waals surface area contributed by atoms with Gasteiger partial charge in [0.05, 0.1) is 18.1 Å². The Morgan fingerprint density at radius 2 is 2.00 bits per heavy atom. The molecule has 1 amide bonds. The normalized spacial score (nSPS) is 13.1. The van der Waals surface area contributed by atoms with Crippen LogP contribution >= 0.6 is 23.1 Å². The van der Waals surface area contributed by atoms with Crippen molar-refractivity contribution >= 4 is 34.1 Å². The lowest BCUT2D eigenvalue weighted by molar-refractivity contribution is -0.120. The van der Waals surface area contributed by atoms with Gasteiger partial charge in [0.2, 0.25) is 11.0 Å². The third-order valence-electron chi connectivity index (χ3n) is 4.00. The smallest absolute Gasteiger partial charge is 0.233 e. The number of nitrogens with zero attached hydrogens (tertiary/aromatic N) is 2. The summed E-state index contributed by atoms with van der Waals surface area (Å²) in [6.07, 6.45) is 1.64. The molecule has 1 aromatic carbocycles. The van der Waals surface area contributed by atoms with Gasteiger partial charge in [0, 0.05) is 6.54 Å². The van der Waals surface area contributed by atoms with Gasteiger partial charge in [0.15, 0.2) is 4.34 Å². The van der Waals surface area contributed by atoms with E-state index in [0.717, 1.165) is 10.1 Å². The first-order chi connectivity index (χ1) is 13.1. The van der Waals surface area contributed by atoms with Crippen LogP contribution in [0, 0.1) is 0 Å². The highest BCUT2D eigenvalue weighted by atomic mass is 32.2. The number of nitrogens with one attached hydrogen (secondary N) is 2. The molecule has 0 aliphatic carbocycles. The minimum atomic E-state index is -0.237. The first kappa shape index (κ1) is 19.4. The van der Waals surface area contributed by atoms with Crippen molar-refractivity contribution in [2.75, 3.05) is 11.9 Å². The zero-order chi connectivity index (χ0) is 19.1. The maximum absolute atomic E-state index is 12.4. The molecule has 27 heavy (non-hydrogen) atoms. The van der Waals surface area contributed by atoms with Gasteiger partial charge in [-0.1, -0.05) is 60.4 Å². The Bertz CT molecular complexity index is 837. The second kappa shape index (κ2) is 9.57. The molecule has 6 nitrogen and oxygen atoms in total. The molecule has 0 spiro atoms. The van der Waals surface area contributed by atoms with Crippen LogP contribution < -0.4 is 10.6 Å². The largest absolute Gasteiger partial charge is 0.467 e. The third kappa shape index (κ3) is 5.83. The number of carbonyl (C=O) groups excluding carboxylic acids is 1. The van der Waals surface area contributed by atoms with Crippen molar-refractivity contribution in [3.8, 4) is 0 Å². The predicted molar refractivity (Wildman–Crippen MR) is 109 cm³/mol. The highest BCUT2D eigenvalue weighted by Gasteiger charge is 2.18. The zero-order valence-electron chi connectivity index (χ0n) is 15.2. The van der Waals surface area contributed by atoms with Gasteiger partial charge in [-0.05, 0) is 30.5 Å². The van der Waals surface area contributed by atoms with Gasteiger partial charge < -0.3 is 15.1 Å². The number of furan rings is 1. The lowest BCUT2D eigenvalue weighted by Gasteiger charge is -2.15. The van der Waals surface area contributed by atoms with E-state index in [2.05, 4.69) is 39.9 Å². The maximum atomic E-state index is 12.4. The fraction of sp³-hybridized carbons (Fsp3) is 0.316. The van der Waals surface area contributed by atoms with Crippen molar-refractivity contribution in [1.82, 2.24) is 15.5 Å². The lowest BCUT2D eigenvalue weighted by Crippen LogP contribution is -2.33. The van der Waals surface area contributed by atoms with E-state index < -0.39 is 0 Å². The molecule has 2 aromatic heterocycles. The van der Waals surface area contributed by atoms with Crippen molar-refractivity contribution in [1.29, 1.82) is 0 Å². The summed E-state index contributed by atoms with van der Waals surface area (Å²) in [5, 5.41) is 14.9. The number of hydrogen-bond acceptors (Lipinski definition) is 7. The van der Waals surface area contributed by atoms with Crippen LogP contribution in [0.3, 0.4) is 0 Å². The molecule has 0 radical (unpaired) electrons. The third-order valence-corrected chi connectivity index (χ3v) is 6.06. The number of benzene rings is 1. The highest BCUT2D eigenvalue weighted by molar-refractivity contribution is 8.02. The molecule has 2 heterocycles. The van der Waals surface area contributed by atoms with E-state index in [1.807, 2.05) is 37.3 Å². The van der Waals surface area contributed by atoms with E-state index in [-0.39, 0.29) is 17.1 Å². The molecule has 0 saturated heterocycles. The minimum Gasteiger partial charge on any atom is -0.467 e. The summed E-state index contributed by atoms with van der Waals surface area (Å²) in [4.78, 5) is 12.4. The number of carbonyl (C=O) groups is 1. The Balaban J connectivity index is 1.44. The molecule has 0 saturated carbocycles. The van der Waals surface area contributed by atoms with Crippen LogP contribution in [0.25, 0.3) is 0 Å². The van der Waals surface area contributed by atoms with Crippen LogP contribution in [0.15, 0.2) is 57.5 Å². The van der Waals surface area contributed by atoms with E-state index in [0.29, 0.717) is 18.2 Å². The molecule has 142 valence electrons. The van der Waals surface area contributed by atoms with Crippen LogP contribution in [0.4, 0.5) is 5.13 Å². The summed E-state index contributed by atoms with van der Waals surface area (Å²) < 4.78 is 6.03. The molecule has 2 atom stereocenters. The van der Waals surface area contributed by atoms with Crippen LogP contribution in [-0.2, 0) is 11.3 Å². The van der Waals surface area contributed by atoms with Crippen molar-refractivity contribution in [3.05, 3.63) is 60.1 Å². The molecule has 3 rings (SSSR count). The summed E-state index contributed by atoms with van der Waals surface area (Å²) in [5.41, 5.74) is 1.22. The molecule has 0 bridgehead atoms. The topological polar surface area (TPSA) is 80.0 Å². The second-order valence-electron chi connectivity index (χ2n) is 6.12. The summed E-state index contributed by atoms with van der Waals surface area (Å²) in [7, 11) is 0. The molecular formula is C19H22N4O2S2. The van der Waals surface area contributed by atoms with Gasteiger partial charge in [-0.15, -0.1) is 10.2 Å². The first-order valence-electron chi connectivity index (χ1n) is 8.71. The van der Waals surface area contributed by atoms with E-state index in [4.69, 9.17) is 4.42 Å². The quantitative estimate of drug-likeness (QED) is 0.524. The monoisotopic (exact) mass is 402 g/mol. The fourth-order valence-corrected chi connectivity index (χ4v) is 4.32. The molecule has 8 heteroatoms. The Labute approximate surface area is 166 Å². The van der Waals surface area contributed by atoms with Crippen molar-refractivity contribution in [2.45, 2.75) is 35.9 Å². The molecule has 3 aromatic rings. The summed E-state index contributed by atoms with van der Waals surface area (Å²) in [6, 6.07) is 13.9. The second-order valence-corrected chi connectivity index (χ2v) is 8.69. The Morgan fingerprint density at radius 3 is 2.74 bits per heavy atom. The number of hydrogen-bond donors (Lipinski definition) is 2. The molecule has 0 aliphatic heterocycles. The number of aromatic nitrogens is 2. The van der Waals surface area contributed by atoms with Gasteiger partial charge in [0.1, 0.15) is 5.76 Å². The highest BCUT2D eigenvalue weighted by Crippen LogP contribution is 2.29. The van der Waals surface area contributed by atoms with Gasteiger partial charge in [-0.2, -0.15) is 0 Å². The summed E-state index contributed by atoms with van der Waals surface area (Å²) in [5.74, 6) is 1.11. The van der Waals surface area contributed by atoms with Crippen molar-refractivity contribution < 1.29 is 9.21 Å². The van der Waals surface area contributed by atoms with Crippen LogP contribution in [0.2, 0.25) is 0 Å². The standard InChI is InChI=1S/C19H22N4O2S2/c1-13(15-7-4-3-5-8-15)11-20-17(24)14(2)26-19-23-22-18(27-19)21-12-16-9-6-10-25-16/h3-10,13-14H,11-12H2,1-2H3,(H,20,24)(H,21,22)/t13-,14-/m1/s1. The van der Waals surface area contributed by atoms with E-state index in [9.17, 15) is 4.79 Å². The first-order valence-corrected chi connectivity index (χ1v) is 10.4. The number of amides is 1. The molecule has 0 aliphatic rings. The van der Waals surface area contributed by atoms with Crippen LogP contribution in [0.1, 0.15) is 31.1 Å². The predicted octanol–water partition coefficient (Wildman–Crippen LogP) is 4.14. The maximum Gasteiger partial charge on any atom is 0.233 e. The number of thioether (sulfide) groups is 1. The zero-order valence-corrected chi connectivity index (χ0v) is 16.8. The SMILES string of the molecule is C[C@H](CNC(=O)[C@@H](C)Sc1nnc(NCc2ccco2)s1)c1ccccc1. The molecule has 0 fully saturated rings. The van der Waals surface area contributed by atoms with Gasteiger partial charge in [-0.3, -0.25) is 4.79 Å². The van der Waals surface area contributed by atoms with Crippen LogP contribution in [-0.4, -0.2) is 27.9 Å². The van der Waals surface area contributed by atoms with Crippen molar-refractivity contribution in [3.63, 3.8) is 0 Å². The Morgan fingerprint density at radius 1 is 1.19 bits per heavy atom. The average molecular weight is 403 g/mol. The lowest BCUT2D eigenvalue weighted by atomic mass is 10.0. The van der Waals surface area contributed by atoms with Crippen LogP contribution in [0.5, 0.6) is 0 Å². The van der Waals surface area contributed by atoms with E-state index >= 15 is 0 Å². The molecule has 2 N–H and O–H groups in total. The molecule has 0 unspecified atom stereocenters. The van der Waals surface area contributed by atoms with Gasteiger partial charge in [0.25, 0.3) is 0 Å². The van der Waals surface area contributed by atoms with E-state index in [1.54, 1.807) is 6.26 Å². The summed E-state index contributed by atoms with van der Waals surface area (Å²) in [6.45, 7) is 5.15. The Hall–Kier alpha value is -2.32. The number of rotatable bonds is 9. The average Bonchev–Trinajstić information content (AvgIpc) is 3.36.